The summed E-state index contributed by atoms with van der Waals surface area (Å²) >= 11 is 1.66. The van der Waals surface area contributed by atoms with E-state index >= 15 is 0 Å². The molecule has 0 aliphatic heterocycles. The smallest absolute Gasteiger partial charge is 0.229 e. The van der Waals surface area contributed by atoms with Gasteiger partial charge >= 0.3 is 0 Å². The van der Waals surface area contributed by atoms with Gasteiger partial charge in [0, 0.05) is 27.3 Å². The van der Waals surface area contributed by atoms with Crippen LogP contribution in [0.1, 0.15) is 15.4 Å². The summed E-state index contributed by atoms with van der Waals surface area (Å²) in [5.41, 5.74) is 4.05. The lowest BCUT2D eigenvalue weighted by Gasteiger charge is -2.07. The third-order valence-electron chi connectivity index (χ3n) is 3.53. The zero-order valence-electron chi connectivity index (χ0n) is 13.2. The molecule has 3 nitrogen and oxygen atoms in total. The number of amides is 1. The van der Waals surface area contributed by atoms with Crippen LogP contribution in [0.5, 0.6) is 0 Å². The summed E-state index contributed by atoms with van der Waals surface area (Å²) in [7, 11) is 0. The molecule has 1 aromatic carbocycles. The average molecular weight is 322 g/mol. The second-order valence-electron chi connectivity index (χ2n) is 5.50. The standard InChI is InChI=1S/C19H18N2OS/c1-13-11-16(9-10-20-13)15-4-6-17(7-5-15)21-19(22)12-18-8-3-14(2)23-18/h3-11H,12H2,1-2H3,(H,21,22). The molecule has 0 spiro atoms. The number of rotatable bonds is 4. The van der Waals surface area contributed by atoms with Crippen LogP contribution in [0.2, 0.25) is 0 Å². The SMILES string of the molecule is Cc1cc(-c2ccc(NC(=O)Cc3ccc(C)s3)cc2)ccn1. The molecule has 3 aromatic rings. The first kappa shape index (κ1) is 15.4. The van der Waals surface area contributed by atoms with Crippen LogP contribution in [-0.4, -0.2) is 10.9 Å². The first-order valence-corrected chi connectivity index (χ1v) is 8.30. The van der Waals surface area contributed by atoms with Crippen LogP contribution in [0, 0.1) is 13.8 Å². The average Bonchev–Trinajstić information content (AvgIpc) is 2.93. The molecule has 0 aliphatic rings. The van der Waals surface area contributed by atoms with E-state index in [9.17, 15) is 4.79 Å². The number of anilines is 1. The number of nitrogens with zero attached hydrogens (tertiary/aromatic N) is 1. The van der Waals surface area contributed by atoms with E-state index in [-0.39, 0.29) is 5.91 Å². The van der Waals surface area contributed by atoms with Crippen LogP contribution in [-0.2, 0) is 11.2 Å². The van der Waals surface area contributed by atoms with Crippen LogP contribution < -0.4 is 5.32 Å². The van der Waals surface area contributed by atoms with E-state index in [1.165, 1.54) is 4.88 Å². The molecular weight excluding hydrogens is 304 g/mol. The normalized spacial score (nSPS) is 10.5. The Hall–Kier alpha value is -2.46. The van der Waals surface area contributed by atoms with Crippen molar-refractivity contribution in [2.45, 2.75) is 20.3 Å². The minimum atomic E-state index is 0.0133. The topological polar surface area (TPSA) is 42.0 Å². The molecule has 0 fully saturated rings. The molecule has 1 N–H and O–H groups in total. The van der Waals surface area contributed by atoms with E-state index in [1.54, 1.807) is 11.3 Å². The van der Waals surface area contributed by atoms with Gasteiger partial charge in [-0.05, 0) is 61.4 Å². The number of carbonyl (C=O) groups is 1. The van der Waals surface area contributed by atoms with Crippen LogP contribution in [0.25, 0.3) is 11.1 Å². The molecule has 3 rings (SSSR count). The fraction of sp³-hybridized carbons (Fsp3) is 0.158. The quantitative estimate of drug-likeness (QED) is 0.762. The maximum absolute atomic E-state index is 12.1. The van der Waals surface area contributed by atoms with Gasteiger partial charge in [-0.1, -0.05) is 12.1 Å². The van der Waals surface area contributed by atoms with Crippen LogP contribution >= 0.6 is 11.3 Å². The zero-order chi connectivity index (χ0) is 16.2. The molecule has 0 saturated carbocycles. The van der Waals surface area contributed by atoms with E-state index in [2.05, 4.69) is 10.3 Å². The van der Waals surface area contributed by atoms with E-state index in [0.29, 0.717) is 6.42 Å². The van der Waals surface area contributed by atoms with Gasteiger partial charge in [-0.2, -0.15) is 0 Å². The van der Waals surface area contributed by atoms with Crippen molar-refractivity contribution in [3.05, 3.63) is 70.2 Å². The molecule has 4 heteroatoms. The highest BCUT2D eigenvalue weighted by molar-refractivity contribution is 7.12. The van der Waals surface area contributed by atoms with Crippen molar-refractivity contribution in [2.75, 3.05) is 5.32 Å². The predicted molar refractivity (Wildman–Crippen MR) is 95.8 cm³/mol. The molecule has 2 aromatic heterocycles. The number of carbonyl (C=O) groups excluding carboxylic acids is 1. The van der Waals surface area contributed by atoms with E-state index in [0.717, 1.165) is 27.4 Å². The Labute approximate surface area is 140 Å². The van der Waals surface area contributed by atoms with Crippen LogP contribution in [0.15, 0.2) is 54.7 Å². The molecule has 116 valence electrons. The third-order valence-corrected chi connectivity index (χ3v) is 4.53. The van der Waals surface area contributed by atoms with Gasteiger partial charge in [0.2, 0.25) is 5.91 Å². The summed E-state index contributed by atoms with van der Waals surface area (Å²) in [6.45, 7) is 4.02. The minimum absolute atomic E-state index is 0.0133. The highest BCUT2D eigenvalue weighted by Crippen LogP contribution is 2.22. The van der Waals surface area contributed by atoms with Crippen LogP contribution in [0.3, 0.4) is 0 Å². The van der Waals surface area contributed by atoms with E-state index in [1.807, 2.05) is 68.6 Å². The Bertz CT molecular complexity index is 821. The first-order chi connectivity index (χ1) is 11.1. The summed E-state index contributed by atoms with van der Waals surface area (Å²) in [6, 6.07) is 16.0. The Morgan fingerprint density at radius 1 is 1.04 bits per heavy atom. The number of thiophene rings is 1. The molecular formula is C19H18N2OS. The van der Waals surface area contributed by atoms with Gasteiger partial charge in [-0.25, -0.2) is 0 Å². The molecule has 23 heavy (non-hydrogen) atoms. The lowest BCUT2D eigenvalue weighted by Crippen LogP contribution is -2.13. The summed E-state index contributed by atoms with van der Waals surface area (Å²) in [5, 5.41) is 2.95. The number of aryl methyl sites for hydroxylation is 2. The second-order valence-corrected chi connectivity index (χ2v) is 6.87. The van der Waals surface area contributed by atoms with Crippen molar-refractivity contribution in [1.29, 1.82) is 0 Å². The number of hydrogen-bond acceptors (Lipinski definition) is 3. The van der Waals surface area contributed by atoms with Crippen molar-refractivity contribution in [2.24, 2.45) is 0 Å². The molecule has 0 unspecified atom stereocenters. The van der Waals surface area contributed by atoms with Gasteiger partial charge in [0.25, 0.3) is 0 Å². The zero-order valence-corrected chi connectivity index (χ0v) is 14.0. The summed E-state index contributed by atoms with van der Waals surface area (Å²) in [4.78, 5) is 18.6. The monoisotopic (exact) mass is 322 g/mol. The van der Waals surface area contributed by atoms with Crippen molar-refractivity contribution in [1.82, 2.24) is 4.98 Å². The highest BCUT2D eigenvalue weighted by atomic mass is 32.1. The number of hydrogen-bond donors (Lipinski definition) is 1. The molecule has 1 amide bonds. The Morgan fingerprint density at radius 3 is 2.48 bits per heavy atom. The Balaban J connectivity index is 1.66. The van der Waals surface area contributed by atoms with Gasteiger partial charge in [-0.3, -0.25) is 9.78 Å². The summed E-state index contributed by atoms with van der Waals surface area (Å²) in [5.74, 6) is 0.0133. The Kier molecular flexibility index (Phi) is 4.53. The lowest BCUT2D eigenvalue weighted by molar-refractivity contribution is -0.115. The predicted octanol–water partition coefficient (Wildman–Crippen LogP) is 4.61. The maximum Gasteiger partial charge on any atom is 0.229 e. The number of benzene rings is 1. The highest BCUT2D eigenvalue weighted by Gasteiger charge is 2.06. The number of nitrogens with one attached hydrogen (secondary N) is 1. The minimum Gasteiger partial charge on any atom is -0.326 e. The van der Waals surface area contributed by atoms with E-state index < -0.39 is 0 Å². The fourth-order valence-electron chi connectivity index (χ4n) is 2.41. The summed E-state index contributed by atoms with van der Waals surface area (Å²) < 4.78 is 0. The van der Waals surface area contributed by atoms with Crippen molar-refractivity contribution < 1.29 is 4.79 Å². The molecule has 2 heterocycles. The van der Waals surface area contributed by atoms with Crippen molar-refractivity contribution in [3.8, 4) is 11.1 Å². The van der Waals surface area contributed by atoms with Gasteiger partial charge in [0.05, 0.1) is 6.42 Å². The molecule has 0 aliphatic carbocycles. The largest absolute Gasteiger partial charge is 0.326 e. The van der Waals surface area contributed by atoms with Gasteiger partial charge in [0.1, 0.15) is 0 Å². The number of pyridine rings is 1. The van der Waals surface area contributed by atoms with Crippen LogP contribution in [0.4, 0.5) is 5.69 Å². The van der Waals surface area contributed by atoms with Crippen molar-refractivity contribution >= 4 is 22.9 Å². The third kappa shape index (κ3) is 4.05. The lowest BCUT2D eigenvalue weighted by atomic mass is 10.1. The molecule has 0 saturated heterocycles. The maximum atomic E-state index is 12.1. The number of aromatic nitrogens is 1. The molecule has 0 atom stereocenters. The Morgan fingerprint density at radius 2 is 1.83 bits per heavy atom. The fourth-order valence-corrected chi connectivity index (χ4v) is 3.30. The first-order valence-electron chi connectivity index (χ1n) is 7.48. The van der Waals surface area contributed by atoms with Gasteiger partial charge in [-0.15, -0.1) is 11.3 Å². The van der Waals surface area contributed by atoms with Gasteiger partial charge in [0.15, 0.2) is 0 Å². The summed E-state index contributed by atoms with van der Waals surface area (Å²) in [6.07, 6.45) is 2.23. The van der Waals surface area contributed by atoms with Crippen molar-refractivity contribution in [3.63, 3.8) is 0 Å². The molecule has 0 bridgehead atoms. The molecule has 0 radical (unpaired) electrons. The second kappa shape index (κ2) is 6.75. The van der Waals surface area contributed by atoms with Gasteiger partial charge < -0.3 is 5.32 Å². The van der Waals surface area contributed by atoms with E-state index in [4.69, 9.17) is 0 Å².